The third-order valence-corrected chi connectivity index (χ3v) is 2.96. The molecule has 0 aliphatic heterocycles. The van der Waals surface area contributed by atoms with Gasteiger partial charge in [-0.25, -0.2) is 9.97 Å². The number of aryl methyl sites for hydroxylation is 1. The average molecular weight is 229 g/mol. The van der Waals surface area contributed by atoms with Crippen LogP contribution in [0.1, 0.15) is 24.5 Å². The SMILES string of the molecule is CNc1cc(C2CC2)nc(-c2cnn(C)c2)n1. The first-order valence-electron chi connectivity index (χ1n) is 5.82. The van der Waals surface area contributed by atoms with Crippen molar-refractivity contribution in [2.45, 2.75) is 18.8 Å². The quantitative estimate of drug-likeness (QED) is 0.872. The monoisotopic (exact) mass is 229 g/mol. The van der Waals surface area contributed by atoms with Gasteiger partial charge in [-0.05, 0) is 12.8 Å². The normalized spacial score (nSPS) is 14.9. The van der Waals surface area contributed by atoms with Crippen molar-refractivity contribution in [1.82, 2.24) is 19.7 Å². The van der Waals surface area contributed by atoms with Gasteiger partial charge in [0.2, 0.25) is 0 Å². The maximum absolute atomic E-state index is 4.62. The molecule has 88 valence electrons. The number of rotatable bonds is 3. The van der Waals surface area contributed by atoms with E-state index in [0.717, 1.165) is 22.9 Å². The number of nitrogens with one attached hydrogen (secondary N) is 1. The molecule has 0 bridgehead atoms. The van der Waals surface area contributed by atoms with Gasteiger partial charge in [-0.1, -0.05) is 0 Å². The summed E-state index contributed by atoms with van der Waals surface area (Å²) in [6, 6.07) is 2.04. The lowest BCUT2D eigenvalue weighted by molar-refractivity contribution is 0.768. The molecule has 0 amide bonds. The lowest BCUT2D eigenvalue weighted by Crippen LogP contribution is -1.99. The van der Waals surface area contributed by atoms with E-state index in [2.05, 4.69) is 20.4 Å². The summed E-state index contributed by atoms with van der Waals surface area (Å²) < 4.78 is 1.77. The lowest BCUT2D eigenvalue weighted by Gasteiger charge is -2.05. The van der Waals surface area contributed by atoms with E-state index < -0.39 is 0 Å². The Morgan fingerprint density at radius 1 is 1.35 bits per heavy atom. The van der Waals surface area contributed by atoms with E-state index in [0.29, 0.717) is 5.92 Å². The first-order chi connectivity index (χ1) is 8.26. The van der Waals surface area contributed by atoms with Crippen molar-refractivity contribution in [3.63, 3.8) is 0 Å². The Bertz CT molecular complexity index is 542. The summed E-state index contributed by atoms with van der Waals surface area (Å²) in [6.45, 7) is 0. The minimum absolute atomic E-state index is 0.625. The Kier molecular flexibility index (Phi) is 2.31. The standard InChI is InChI=1S/C12H15N5/c1-13-11-5-10(8-3-4-8)15-12(16-11)9-6-14-17(2)7-9/h5-8H,3-4H2,1-2H3,(H,13,15,16). The van der Waals surface area contributed by atoms with Gasteiger partial charge in [0.25, 0.3) is 0 Å². The second kappa shape index (κ2) is 3.84. The zero-order valence-electron chi connectivity index (χ0n) is 10.0. The third-order valence-electron chi connectivity index (χ3n) is 2.96. The predicted molar refractivity (Wildman–Crippen MR) is 65.8 cm³/mol. The van der Waals surface area contributed by atoms with E-state index in [4.69, 9.17) is 0 Å². The Labute approximate surface area is 99.9 Å². The van der Waals surface area contributed by atoms with Gasteiger partial charge in [-0.3, -0.25) is 4.68 Å². The smallest absolute Gasteiger partial charge is 0.164 e. The highest BCUT2D eigenvalue weighted by Gasteiger charge is 2.26. The van der Waals surface area contributed by atoms with Crippen molar-refractivity contribution in [3.05, 3.63) is 24.2 Å². The second-order valence-electron chi connectivity index (χ2n) is 4.43. The van der Waals surface area contributed by atoms with Crippen molar-refractivity contribution in [1.29, 1.82) is 0 Å². The molecule has 2 aromatic rings. The summed E-state index contributed by atoms with van der Waals surface area (Å²) >= 11 is 0. The minimum Gasteiger partial charge on any atom is -0.373 e. The maximum atomic E-state index is 4.62. The van der Waals surface area contributed by atoms with Crippen molar-refractivity contribution in [3.8, 4) is 11.4 Å². The van der Waals surface area contributed by atoms with Crippen LogP contribution in [0.5, 0.6) is 0 Å². The summed E-state index contributed by atoms with van der Waals surface area (Å²) in [7, 11) is 3.78. The predicted octanol–water partition coefficient (Wildman–Crippen LogP) is 1.80. The van der Waals surface area contributed by atoms with Crippen LogP contribution in [-0.4, -0.2) is 26.8 Å². The molecule has 3 rings (SSSR count). The molecule has 1 aliphatic carbocycles. The van der Waals surface area contributed by atoms with Gasteiger partial charge in [0.1, 0.15) is 5.82 Å². The van der Waals surface area contributed by atoms with Gasteiger partial charge in [0.05, 0.1) is 11.8 Å². The summed E-state index contributed by atoms with van der Waals surface area (Å²) in [6.07, 6.45) is 6.22. The van der Waals surface area contributed by atoms with E-state index in [9.17, 15) is 0 Å². The molecule has 17 heavy (non-hydrogen) atoms. The molecule has 1 fully saturated rings. The molecule has 5 nitrogen and oxygen atoms in total. The summed E-state index contributed by atoms with van der Waals surface area (Å²) in [4.78, 5) is 9.09. The Hall–Kier alpha value is -1.91. The van der Waals surface area contributed by atoms with Crippen LogP contribution >= 0.6 is 0 Å². The average Bonchev–Trinajstić information content (AvgIpc) is 3.11. The second-order valence-corrected chi connectivity index (χ2v) is 4.43. The molecule has 1 aliphatic rings. The minimum atomic E-state index is 0.625. The fraction of sp³-hybridized carbons (Fsp3) is 0.417. The lowest BCUT2D eigenvalue weighted by atomic mass is 10.2. The van der Waals surface area contributed by atoms with Crippen LogP contribution in [-0.2, 0) is 7.05 Å². The molecular weight excluding hydrogens is 214 g/mol. The highest BCUT2D eigenvalue weighted by molar-refractivity contribution is 5.56. The number of hydrogen-bond donors (Lipinski definition) is 1. The molecule has 0 radical (unpaired) electrons. The van der Waals surface area contributed by atoms with E-state index >= 15 is 0 Å². The zero-order valence-corrected chi connectivity index (χ0v) is 10.0. The maximum Gasteiger partial charge on any atom is 0.164 e. The van der Waals surface area contributed by atoms with Gasteiger partial charge >= 0.3 is 0 Å². The number of hydrogen-bond acceptors (Lipinski definition) is 4. The van der Waals surface area contributed by atoms with Gasteiger partial charge in [-0.15, -0.1) is 0 Å². The number of anilines is 1. The highest BCUT2D eigenvalue weighted by Crippen LogP contribution is 2.40. The molecule has 0 spiro atoms. The highest BCUT2D eigenvalue weighted by atomic mass is 15.2. The van der Waals surface area contributed by atoms with Crippen LogP contribution in [0.15, 0.2) is 18.5 Å². The van der Waals surface area contributed by atoms with Crippen LogP contribution in [0, 0.1) is 0 Å². The third kappa shape index (κ3) is 2.00. The van der Waals surface area contributed by atoms with Gasteiger partial charge in [0, 0.05) is 38.0 Å². The van der Waals surface area contributed by atoms with Crippen molar-refractivity contribution >= 4 is 5.82 Å². The largest absolute Gasteiger partial charge is 0.373 e. The topological polar surface area (TPSA) is 55.6 Å². The van der Waals surface area contributed by atoms with Crippen molar-refractivity contribution < 1.29 is 0 Å². The molecule has 0 atom stereocenters. The first kappa shape index (κ1) is 10.3. The van der Waals surface area contributed by atoms with E-state index in [-0.39, 0.29) is 0 Å². The van der Waals surface area contributed by atoms with Crippen molar-refractivity contribution in [2.75, 3.05) is 12.4 Å². The van der Waals surface area contributed by atoms with Crippen LogP contribution in [0.3, 0.4) is 0 Å². The summed E-state index contributed by atoms with van der Waals surface area (Å²) in [5.74, 6) is 2.26. The zero-order chi connectivity index (χ0) is 11.8. The van der Waals surface area contributed by atoms with Crippen LogP contribution in [0.4, 0.5) is 5.82 Å². The van der Waals surface area contributed by atoms with E-state index in [1.807, 2.05) is 26.4 Å². The van der Waals surface area contributed by atoms with Gasteiger partial charge < -0.3 is 5.32 Å². The number of aromatic nitrogens is 4. The Morgan fingerprint density at radius 3 is 2.76 bits per heavy atom. The van der Waals surface area contributed by atoms with Crippen LogP contribution in [0.2, 0.25) is 0 Å². The summed E-state index contributed by atoms with van der Waals surface area (Å²) in [5, 5.41) is 7.24. The van der Waals surface area contributed by atoms with E-state index in [1.165, 1.54) is 12.8 Å². The van der Waals surface area contributed by atoms with Crippen molar-refractivity contribution in [2.24, 2.45) is 7.05 Å². The molecule has 0 aromatic carbocycles. The molecule has 1 N–H and O–H groups in total. The van der Waals surface area contributed by atoms with Gasteiger partial charge in [0.15, 0.2) is 5.82 Å². The Balaban J connectivity index is 2.05. The van der Waals surface area contributed by atoms with E-state index in [1.54, 1.807) is 10.9 Å². The van der Waals surface area contributed by atoms with Crippen LogP contribution in [0.25, 0.3) is 11.4 Å². The van der Waals surface area contributed by atoms with Gasteiger partial charge in [-0.2, -0.15) is 5.10 Å². The molecule has 5 heteroatoms. The molecule has 0 unspecified atom stereocenters. The summed E-state index contributed by atoms with van der Waals surface area (Å²) in [5.41, 5.74) is 2.11. The van der Waals surface area contributed by atoms with Crippen LogP contribution < -0.4 is 5.32 Å². The Morgan fingerprint density at radius 2 is 2.18 bits per heavy atom. The fourth-order valence-corrected chi connectivity index (χ4v) is 1.85. The molecule has 0 saturated heterocycles. The molecule has 2 aromatic heterocycles. The fourth-order valence-electron chi connectivity index (χ4n) is 1.85. The number of nitrogens with zero attached hydrogens (tertiary/aromatic N) is 4. The first-order valence-corrected chi connectivity index (χ1v) is 5.82. The molecule has 2 heterocycles. The molecular formula is C12H15N5. The molecule has 1 saturated carbocycles.